The lowest BCUT2D eigenvalue weighted by molar-refractivity contribution is -0.122. The Morgan fingerprint density at radius 2 is 2.07 bits per heavy atom. The van der Waals surface area contributed by atoms with Crippen LogP contribution < -0.4 is 10.6 Å². The molecule has 3 rings (SSSR count). The lowest BCUT2D eigenvalue weighted by atomic mass is 10.3. The van der Waals surface area contributed by atoms with Gasteiger partial charge >= 0.3 is 0 Å². The predicted molar refractivity (Wildman–Crippen MR) is 104 cm³/mol. The van der Waals surface area contributed by atoms with Gasteiger partial charge in [-0.15, -0.1) is 11.3 Å². The molecule has 1 saturated heterocycles. The molecule has 2 amide bonds. The SMILES string of the molecule is CC(C)Nc1nc(C(=O)N2CCN(CC(=O)NCc3ccco3)CC2)cs1. The number of nitrogens with zero attached hydrogens (tertiary/aromatic N) is 3. The molecule has 0 saturated carbocycles. The maximum atomic E-state index is 12.6. The van der Waals surface area contributed by atoms with E-state index in [1.807, 2.05) is 24.8 Å². The van der Waals surface area contributed by atoms with Crippen LogP contribution in [0.1, 0.15) is 30.1 Å². The van der Waals surface area contributed by atoms with Crippen molar-refractivity contribution in [3.8, 4) is 0 Å². The molecule has 2 N–H and O–H groups in total. The van der Waals surface area contributed by atoms with Gasteiger partial charge in [0.05, 0.1) is 19.4 Å². The number of piperazine rings is 1. The van der Waals surface area contributed by atoms with Gasteiger partial charge in [-0.1, -0.05) is 0 Å². The van der Waals surface area contributed by atoms with E-state index in [4.69, 9.17) is 4.42 Å². The second-order valence-corrected chi connectivity index (χ2v) is 7.62. The fourth-order valence-electron chi connectivity index (χ4n) is 2.81. The summed E-state index contributed by atoms with van der Waals surface area (Å²) in [7, 11) is 0. The van der Waals surface area contributed by atoms with E-state index in [0.717, 1.165) is 10.9 Å². The number of aromatic nitrogens is 1. The summed E-state index contributed by atoms with van der Waals surface area (Å²) in [5, 5.41) is 8.61. The molecule has 0 radical (unpaired) electrons. The molecule has 1 fully saturated rings. The van der Waals surface area contributed by atoms with Crippen LogP contribution >= 0.6 is 11.3 Å². The van der Waals surface area contributed by atoms with Gasteiger partial charge in [-0.3, -0.25) is 14.5 Å². The van der Waals surface area contributed by atoms with Crippen LogP contribution in [0.15, 0.2) is 28.2 Å². The van der Waals surface area contributed by atoms with E-state index >= 15 is 0 Å². The number of amides is 2. The highest BCUT2D eigenvalue weighted by Gasteiger charge is 2.24. The Balaban J connectivity index is 1.42. The van der Waals surface area contributed by atoms with E-state index in [1.165, 1.54) is 11.3 Å². The molecule has 2 aromatic heterocycles. The standard InChI is InChI=1S/C18H25N5O3S/c1-13(2)20-18-21-15(12-27-18)17(25)23-7-5-22(6-8-23)11-16(24)19-10-14-4-3-9-26-14/h3-4,9,12-13H,5-8,10-11H2,1-2H3,(H,19,24)(H,20,21). The Morgan fingerprint density at radius 1 is 1.30 bits per heavy atom. The molecule has 0 atom stereocenters. The summed E-state index contributed by atoms with van der Waals surface area (Å²) < 4.78 is 5.20. The van der Waals surface area contributed by atoms with Crippen LogP contribution in [-0.4, -0.2) is 65.4 Å². The fourth-order valence-corrected chi connectivity index (χ4v) is 3.65. The second kappa shape index (κ2) is 9.01. The Labute approximate surface area is 162 Å². The molecule has 1 aliphatic rings. The highest BCUT2D eigenvalue weighted by atomic mass is 32.1. The largest absolute Gasteiger partial charge is 0.467 e. The van der Waals surface area contributed by atoms with Crippen LogP contribution in [0.5, 0.6) is 0 Å². The summed E-state index contributed by atoms with van der Waals surface area (Å²) in [6, 6.07) is 3.90. The van der Waals surface area contributed by atoms with Gasteiger partial charge in [0, 0.05) is 37.6 Å². The molecule has 0 bridgehead atoms. The first kappa shape index (κ1) is 19.4. The molecule has 0 unspecified atom stereocenters. The Bertz CT molecular complexity index is 751. The van der Waals surface area contributed by atoms with Crippen LogP contribution in [-0.2, 0) is 11.3 Å². The average molecular weight is 391 g/mol. The van der Waals surface area contributed by atoms with Crippen molar-refractivity contribution >= 4 is 28.3 Å². The van der Waals surface area contributed by atoms with Gasteiger partial charge in [0.2, 0.25) is 5.91 Å². The number of carbonyl (C=O) groups is 2. The van der Waals surface area contributed by atoms with E-state index in [0.29, 0.717) is 45.0 Å². The lowest BCUT2D eigenvalue weighted by Crippen LogP contribution is -2.51. The second-order valence-electron chi connectivity index (χ2n) is 6.76. The molecule has 2 aromatic rings. The zero-order chi connectivity index (χ0) is 19.2. The van der Waals surface area contributed by atoms with Gasteiger partial charge in [-0.05, 0) is 26.0 Å². The van der Waals surface area contributed by atoms with Crippen LogP contribution in [0.4, 0.5) is 5.13 Å². The van der Waals surface area contributed by atoms with Crippen molar-refractivity contribution in [3.05, 3.63) is 35.2 Å². The summed E-state index contributed by atoms with van der Waals surface area (Å²) in [6.45, 7) is 7.30. The molecule has 0 aliphatic carbocycles. The summed E-state index contributed by atoms with van der Waals surface area (Å²) >= 11 is 1.44. The number of rotatable bonds is 7. The third-order valence-electron chi connectivity index (χ3n) is 4.20. The number of nitrogens with one attached hydrogen (secondary N) is 2. The third-order valence-corrected chi connectivity index (χ3v) is 4.98. The van der Waals surface area contributed by atoms with Crippen molar-refractivity contribution in [2.45, 2.75) is 26.4 Å². The molecule has 0 spiro atoms. The van der Waals surface area contributed by atoms with E-state index in [-0.39, 0.29) is 17.9 Å². The normalized spacial score (nSPS) is 15.1. The molecule has 0 aromatic carbocycles. The predicted octanol–water partition coefficient (Wildman–Crippen LogP) is 1.63. The van der Waals surface area contributed by atoms with E-state index in [2.05, 4.69) is 15.6 Å². The Morgan fingerprint density at radius 3 is 2.74 bits per heavy atom. The van der Waals surface area contributed by atoms with Gasteiger partial charge in [0.25, 0.3) is 5.91 Å². The maximum Gasteiger partial charge on any atom is 0.273 e. The van der Waals surface area contributed by atoms with Crippen molar-refractivity contribution in [2.24, 2.45) is 0 Å². The molecule has 146 valence electrons. The fraction of sp³-hybridized carbons (Fsp3) is 0.500. The van der Waals surface area contributed by atoms with Crippen LogP contribution in [0.3, 0.4) is 0 Å². The minimum absolute atomic E-state index is 0.0462. The minimum Gasteiger partial charge on any atom is -0.467 e. The highest BCUT2D eigenvalue weighted by molar-refractivity contribution is 7.13. The van der Waals surface area contributed by atoms with Crippen LogP contribution in [0.2, 0.25) is 0 Å². The van der Waals surface area contributed by atoms with Gasteiger partial charge < -0.3 is 20.0 Å². The zero-order valence-electron chi connectivity index (χ0n) is 15.6. The first-order valence-electron chi connectivity index (χ1n) is 9.04. The number of hydrogen-bond acceptors (Lipinski definition) is 7. The molecule has 3 heterocycles. The first-order valence-corrected chi connectivity index (χ1v) is 9.92. The van der Waals surface area contributed by atoms with E-state index in [9.17, 15) is 9.59 Å². The Kier molecular flexibility index (Phi) is 6.46. The van der Waals surface area contributed by atoms with Crippen LogP contribution in [0, 0.1) is 0 Å². The van der Waals surface area contributed by atoms with Gasteiger partial charge in [0.1, 0.15) is 11.5 Å². The number of anilines is 1. The van der Waals surface area contributed by atoms with Crippen molar-refractivity contribution in [1.29, 1.82) is 0 Å². The maximum absolute atomic E-state index is 12.6. The minimum atomic E-state index is -0.0509. The average Bonchev–Trinajstić information content (AvgIpc) is 3.31. The summed E-state index contributed by atoms with van der Waals surface area (Å²) in [4.78, 5) is 32.9. The monoisotopic (exact) mass is 391 g/mol. The molecule has 1 aliphatic heterocycles. The first-order chi connectivity index (χ1) is 13.0. The van der Waals surface area contributed by atoms with E-state index in [1.54, 1.807) is 22.6 Å². The molecular formula is C18H25N5O3S. The van der Waals surface area contributed by atoms with Crippen molar-refractivity contribution < 1.29 is 14.0 Å². The molecule has 8 nitrogen and oxygen atoms in total. The zero-order valence-corrected chi connectivity index (χ0v) is 16.4. The molecule has 9 heteroatoms. The smallest absolute Gasteiger partial charge is 0.273 e. The Hall–Kier alpha value is -2.39. The van der Waals surface area contributed by atoms with Gasteiger partial charge in [0.15, 0.2) is 5.13 Å². The topological polar surface area (TPSA) is 90.7 Å². The van der Waals surface area contributed by atoms with Crippen LogP contribution in [0.25, 0.3) is 0 Å². The molecular weight excluding hydrogens is 366 g/mol. The number of furan rings is 1. The van der Waals surface area contributed by atoms with E-state index < -0.39 is 0 Å². The van der Waals surface area contributed by atoms with Gasteiger partial charge in [-0.25, -0.2) is 4.98 Å². The summed E-state index contributed by atoms with van der Waals surface area (Å²) in [6.07, 6.45) is 1.59. The number of carbonyl (C=O) groups excluding carboxylic acids is 2. The highest BCUT2D eigenvalue weighted by Crippen LogP contribution is 2.18. The van der Waals surface area contributed by atoms with Crippen molar-refractivity contribution in [1.82, 2.24) is 20.1 Å². The summed E-state index contributed by atoms with van der Waals surface area (Å²) in [5.41, 5.74) is 0.479. The quantitative estimate of drug-likeness (QED) is 0.746. The number of thiazole rings is 1. The van der Waals surface area contributed by atoms with Gasteiger partial charge in [-0.2, -0.15) is 0 Å². The molecule has 27 heavy (non-hydrogen) atoms. The summed E-state index contributed by atoms with van der Waals surface area (Å²) in [5.74, 6) is 0.633. The lowest BCUT2D eigenvalue weighted by Gasteiger charge is -2.33. The van der Waals surface area contributed by atoms with Crippen molar-refractivity contribution in [2.75, 3.05) is 38.0 Å². The van der Waals surface area contributed by atoms with Crippen molar-refractivity contribution in [3.63, 3.8) is 0 Å². The third kappa shape index (κ3) is 5.54. The number of hydrogen-bond donors (Lipinski definition) is 2.